The molecule has 0 atom stereocenters. The molecule has 140 valence electrons. The second kappa shape index (κ2) is 6.74. The number of ether oxygens (including phenoxy) is 1. The first-order valence-electron chi connectivity index (χ1n) is 8.16. The van der Waals surface area contributed by atoms with Crippen molar-refractivity contribution in [3.05, 3.63) is 58.0 Å². The van der Waals surface area contributed by atoms with Crippen LogP contribution in [0.2, 0.25) is 10.0 Å². The normalized spacial score (nSPS) is 18.8. The molecule has 0 N–H and O–H groups in total. The molecular weight excluding hydrogens is 396 g/mol. The van der Waals surface area contributed by atoms with Gasteiger partial charge in [0.25, 0.3) is 5.91 Å². The van der Waals surface area contributed by atoms with E-state index in [2.05, 4.69) is 4.98 Å². The van der Waals surface area contributed by atoms with E-state index in [4.69, 9.17) is 27.9 Å². The molecule has 2 aliphatic rings. The molecule has 9 heteroatoms. The van der Waals surface area contributed by atoms with Crippen LogP contribution in [0.4, 0.5) is 10.2 Å². The Morgan fingerprint density at radius 1 is 1.15 bits per heavy atom. The molecule has 1 aromatic carbocycles. The number of halogens is 3. The summed E-state index contributed by atoms with van der Waals surface area (Å²) in [4.78, 5) is 32.5. The van der Waals surface area contributed by atoms with Crippen LogP contribution in [0.15, 0.2) is 36.5 Å². The second-order valence-electron chi connectivity index (χ2n) is 6.48. The van der Waals surface area contributed by atoms with Crippen molar-refractivity contribution >= 4 is 40.8 Å². The van der Waals surface area contributed by atoms with Crippen LogP contribution in [0, 0.1) is 5.82 Å². The minimum Gasteiger partial charge on any atom is -0.375 e. The average molecular weight is 410 g/mol. The number of hydrogen-bond donors (Lipinski definition) is 0. The zero-order valence-corrected chi connectivity index (χ0v) is 15.5. The van der Waals surface area contributed by atoms with E-state index < -0.39 is 17.3 Å². The van der Waals surface area contributed by atoms with E-state index in [9.17, 15) is 14.0 Å². The Morgan fingerprint density at radius 3 is 2.44 bits per heavy atom. The van der Waals surface area contributed by atoms with Gasteiger partial charge in [0.15, 0.2) is 17.2 Å². The fraction of sp³-hybridized carbons (Fsp3) is 0.278. The number of aromatic nitrogens is 1. The van der Waals surface area contributed by atoms with Crippen LogP contribution in [0.1, 0.15) is 5.56 Å². The quantitative estimate of drug-likeness (QED) is 0.781. The largest absolute Gasteiger partial charge is 0.375 e. The monoisotopic (exact) mass is 409 g/mol. The maximum atomic E-state index is 14.3. The molecule has 2 aromatic rings. The number of piperazine rings is 1. The van der Waals surface area contributed by atoms with E-state index >= 15 is 0 Å². The molecule has 3 heterocycles. The van der Waals surface area contributed by atoms with Gasteiger partial charge in [-0.3, -0.25) is 14.5 Å². The zero-order valence-electron chi connectivity index (χ0n) is 14.0. The summed E-state index contributed by atoms with van der Waals surface area (Å²) in [6.45, 7) is 0.0307. The molecule has 6 nitrogen and oxygen atoms in total. The SMILES string of the molecule is O=C1CN(c2ncc(Cl)cc2F)C(=O)C2(COC2)N1Cc1ccc(Cl)cc1. The highest BCUT2D eigenvalue weighted by atomic mass is 35.5. The van der Waals surface area contributed by atoms with Gasteiger partial charge in [-0.2, -0.15) is 0 Å². The Labute approximate surface area is 164 Å². The number of hydrogen-bond acceptors (Lipinski definition) is 4. The van der Waals surface area contributed by atoms with Crippen LogP contribution in [0.3, 0.4) is 0 Å². The lowest BCUT2D eigenvalue weighted by atomic mass is 9.89. The number of benzene rings is 1. The van der Waals surface area contributed by atoms with Gasteiger partial charge < -0.3 is 9.64 Å². The summed E-state index contributed by atoms with van der Waals surface area (Å²) in [5.41, 5.74) is -0.334. The van der Waals surface area contributed by atoms with E-state index in [1.54, 1.807) is 24.3 Å². The van der Waals surface area contributed by atoms with Gasteiger partial charge in [-0.25, -0.2) is 9.37 Å². The molecule has 0 unspecified atom stereocenters. The summed E-state index contributed by atoms with van der Waals surface area (Å²) < 4.78 is 19.5. The molecule has 1 aromatic heterocycles. The summed E-state index contributed by atoms with van der Waals surface area (Å²) in [6.07, 6.45) is 1.24. The highest BCUT2D eigenvalue weighted by molar-refractivity contribution is 6.30. The molecule has 0 bridgehead atoms. The molecule has 2 saturated heterocycles. The number of rotatable bonds is 3. The molecule has 2 aliphatic heterocycles. The molecule has 0 radical (unpaired) electrons. The lowest BCUT2D eigenvalue weighted by Gasteiger charge is -2.52. The number of carbonyl (C=O) groups excluding carboxylic acids is 2. The Kier molecular flexibility index (Phi) is 4.53. The molecule has 0 aliphatic carbocycles. The van der Waals surface area contributed by atoms with Crippen LogP contribution in [0.25, 0.3) is 0 Å². The van der Waals surface area contributed by atoms with Gasteiger partial charge >= 0.3 is 0 Å². The van der Waals surface area contributed by atoms with Crippen LogP contribution in [-0.2, 0) is 20.9 Å². The topological polar surface area (TPSA) is 62.7 Å². The highest BCUT2D eigenvalue weighted by Gasteiger charge is 2.58. The Balaban J connectivity index is 1.66. The Morgan fingerprint density at radius 2 is 1.85 bits per heavy atom. The molecule has 1 spiro atoms. The fourth-order valence-corrected chi connectivity index (χ4v) is 3.53. The molecule has 2 amide bonds. The number of amides is 2. The Bertz CT molecular complexity index is 919. The first kappa shape index (κ1) is 18.2. The Hall–Kier alpha value is -2.22. The predicted octanol–water partition coefficient (Wildman–Crippen LogP) is 2.67. The van der Waals surface area contributed by atoms with Crippen molar-refractivity contribution in [1.29, 1.82) is 0 Å². The summed E-state index contributed by atoms with van der Waals surface area (Å²) >= 11 is 11.6. The number of nitrogens with zero attached hydrogens (tertiary/aromatic N) is 3. The predicted molar refractivity (Wildman–Crippen MR) is 97.1 cm³/mol. The molecule has 4 rings (SSSR count). The zero-order chi connectivity index (χ0) is 19.2. The van der Waals surface area contributed by atoms with E-state index in [1.807, 2.05) is 0 Å². The number of pyridine rings is 1. The summed E-state index contributed by atoms with van der Waals surface area (Å²) in [5.74, 6) is -1.71. The van der Waals surface area contributed by atoms with Crippen LogP contribution < -0.4 is 4.90 Å². The van der Waals surface area contributed by atoms with Gasteiger partial charge in [-0.1, -0.05) is 35.3 Å². The number of carbonyl (C=O) groups is 2. The van der Waals surface area contributed by atoms with Gasteiger partial charge in [-0.15, -0.1) is 0 Å². The van der Waals surface area contributed by atoms with Crippen molar-refractivity contribution in [1.82, 2.24) is 9.88 Å². The van der Waals surface area contributed by atoms with Gasteiger partial charge in [-0.05, 0) is 23.8 Å². The summed E-state index contributed by atoms with van der Waals surface area (Å²) in [7, 11) is 0. The van der Waals surface area contributed by atoms with Crippen LogP contribution in [-0.4, -0.2) is 47.0 Å². The third-order valence-electron chi connectivity index (χ3n) is 4.73. The van der Waals surface area contributed by atoms with Crippen molar-refractivity contribution in [3.63, 3.8) is 0 Å². The van der Waals surface area contributed by atoms with Crippen molar-refractivity contribution in [3.8, 4) is 0 Å². The lowest BCUT2D eigenvalue weighted by Crippen LogP contribution is -2.76. The van der Waals surface area contributed by atoms with Gasteiger partial charge in [0.2, 0.25) is 5.91 Å². The van der Waals surface area contributed by atoms with E-state index in [0.29, 0.717) is 5.02 Å². The smallest absolute Gasteiger partial charge is 0.259 e. The third kappa shape index (κ3) is 3.05. The van der Waals surface area contributed by atoms with Gasteiger partial charge in [0.1, 0.15) is 6.54 Å². The fourth-order valence-electron chi connectivity index (χ4n) is 3.26. The maximum Gasteiger partial charge on any atom is 0.259 e. The molecular formula is C18H14Cl2FN3O3. The van der Waals surface area contributed by atoms with Gasteiger partial charge in [0, 0.05) is 17.8 Å². The lowest BCUT2D eigenvalue weighted by molar-refractivity contribution is -0.184. The minimum atomic E-state index is -1.16. The molecule has 2 fully saturated rings. The summed E-state index contributed by atoms with van der Waals surface area (Å²) in [6, 6.07) is 8.08. The van der Waals surface area contributed by atoms with Crippen molar-refractivity contribution < 1.29 is 18.7 Å². The van der Waals surface area contributed by atoms with Crippen LogP contribution >= 0.6 is 23.2 Å². The van der Waals surface area contributed by atoms with E-state index in [-0.39, 0.29) is 43.1 Å². The van der Waals surface area contributed by atoms with Gasteiger partial charge in [0.05, 0.1) is 18.2 Å². The first-order valence-corrected chi connectivity index (χ1v) is 8.92. The third-order valence-corrected chi connectivity index (χ3v) is 5.19. The standard InChI is InChI=1S/C18H14Cl2FN3O3/c19-12-3-1-11(2-4-12)7-24-15(25)8-23(17(26)18(24)9-27-10-18)16-14(21)5-13(20)6-22-16/h1-6H,7-10H2. The van der Waals surface area contributed by atoms with E-state index in [0.717, 1.165) is 16.5 Å². The first-order chi connectivity index (χ1) is 12.9. The highest BCUT2D eigenvalue weighted by Crippen LogP contribution is 2.35. The molecule has 0 saturated carbocycles. The van der Waals surface area contributed by atoms with Crippen molar-refractivity contribution in [2.75, 3.05) is 24.7 Å². The summed E-state index contributed by atoms with van der Waals surface area (Å²) in [5, 5.41) is 0.690. The minimum absolute atomic E-state index is 0.0525. The maximum absolute atomic E-state index is 14.3. The van der Waals surface area contributed by atoms with E-state index in [1.165, 1.54) is 11.1 Å². The molecule has 27 heavy (non-hydrogen) atoms. The number of anilines is 1. The second-order valence-corrected chi connectivity index (χ2v) is 7.35. The van der Waals surface area contributed by atoms with Crippen molar-refractivity contribution in [2.24, 2.45) is 0 Å². The average Bonchev–Trinajstić information content (AvgIpc) is 2.59. The van der Waals surface area contributed by atoms with Crippen molar-refractivity contribution in [2.45, 2.75) is 12.1 Å². The van der Waals surface area contributed by atoms with Crippen LogP contribution in [0.5, 0.6) is 0 Å².